The molecule has 4 heteroatoms. The first kappa shape index (κ1) is 16.5. The van der Waals surface area contributed by atoms with E-state index in [2.05, 4.69) is 49.9 Å². The molecule has 0 aliphatic carbocycles. The van der Waals surface area contributed by atoms with Crippen LogP contribution in [0.2, 0.25) is 0 Å². The van der Waals surface area contributed by atoms with Crippen molar-refractivity contribution in [3.63, 3.8) is 0 Å². The number of nitrogen functional groups attached to an aromatic ring is 1. The van der Waals surface area contributed by atoms with E-state index in [4.69, 9.17) is 11.1 Å². The van der Waals surface area contributed by atoms with Crippen LogP contribution in [-0.2, 0) is 0 Å². The Bertz CT molecular complexity index is 452. The molecule has 0 amide bonds. The van der Waals surface area contributed by atoms with Crippen LogP contribution in [0.5, 0.6) is 0 Å². The SMILES string of the molecule is Cc1cc(N(CCN(C)C)CC(C)C)ccc1C(=N)N. The zero-order valence-corrected chi connectivity index (χ0v) is 13.4. The molecule has 0 spiro atoms. The second-order valence-electron chi connectivity index (χ2n) is 6.06. The highest BCUT2D eigenvalue weighted by Crippen LogP contribution is 2.20. The summed E-state index contributed by atoms with van der Waals surface area (Å²) in [5.74, 6) is 0.753. The van der Waals surface area contributed by atoms with E-state index in [1.54, 1.807) is 0 Å². The van der Waals surface area contributed by atoms with Crippen LogP contribution >= 0.6 is 0 Å². The van der Waals surface area contributed by atoms with Gasteiger partial charge in [-0.25, -0.2) is 0 Å². The topological polar surface area (TPSA) is 56.4 Å². The standard InChI is InChI=1S/C16H28N4/c1-12(2)11-20(9-8-19(4)5)14-6-7-15(16(17)18)13(3)10-14/h6-7,10,12H,8-9,11H2,1-5H3,(H3,17,18). The summed E-state index contributed by atoms with van der Waals surface area (Å²) in [7, 11) is 4.19. The highest BCUT2D eigenvalue weighted by Gasteiger charge is 2.11. The number of rotatable bonds is 7. The van der Waals surface area contributed by atoms with Gasteiger partial charge in [-0.2, -0.15) is 0 Å². The van der Waals surface area contributed by atoms with Crippen LogP contribution in [-0.4, -0.2) is 44.5 Å². The fourth-order valence-electron chi connectivity index (χ4n) is 2.23. The third kappa shape index (κ3) is 4.85. The Kier molecular flexibility index (Phi) is 6.02. The van der Waals surface area contributed by atoms with Gasteiger partial charge in [-0.3, -0.25) is 5.41 Å². The van der Waals surface area contributed by atoms with E-state index >= 15 is 0 Å². The third-order valence-corrected chi connectivity index (χ3v) is 3.27. The molecule has 0 bridgehead atoms. The number of hydrogen-bond acceptors (Lipinski definition) is 3. The van der Waals surface area contributed by atoms with Gasteiger partial charge in [0.1, 0.15) is 5.84 Å². The van der Waals surface area contributed by atoms with Crippen molar-refractivity contribution in [2.75, 3.05) is 38.6 Å². The average molecular weight is 276 g/mol. The normalized spacial score (nSPS) is 11.2. The molecular weight excluding hydrogens is 248 g/mol. The fraction of sp³-hybridized carbons (Fsp3) is 0.562. The molecule has 112 valence electrons. The van der Waals surface area contributed by atoms with Crippen LogP contribution in [0.3, 0.4) is 0 Å². The fourth-order valence-corrected chi connectivity index (χ4v) is 2.23. The van der Waals surface area contributed by atoms with E-state index < -0.39 is 0 Å². The lowest BCUT2D eigenvalue weighted by atomic mass is 10.1. The van der Waals surface area contributed by atoms with Crippen molar-refractivity contribution in [3.8, 4) is 0 Å². The zero-order chi connectivity index (χ0) is 15.3. The molecule has 0 saturated heterocycles. The molecule has 0 unspecified atom stereocenters. The number of hydrogen-bond donors (Lipinski definition) is 2. The molecular formula is C16H28N4. The lowest BCUT2D eigenvalue weighted by molar-refractivity contribution is 0.409. The van der Waals surface area contributed by atoms with Crippen LogP contribution in [0.25, 0.3) is 0 Å². The summed E-state index contributed by atoms with van der Waals surface area (Å²) in [5.41, 5.74) is 8.68. The second-order valence-corrected chi connectivity index (χ2v) is 6.06. The van der Waals surface area contributed by atoms with E-state index in [0.29, 0.717) is 5.92 Å². The minimum Gasteiger partial charge on any atom is -0.384 e. The van der Waals surface area contributed by atoms with E-state index in [1.165, 1.54) is 5.69 Å². The number of nitrogens with zero attached hydrogens (tertiary/aromatic N) is 2. The molecule has 3 N–H and O–H groups in total. The van der Waals surface area contributed by atoms with Gasteiger partial charge in [-0.15, -0.1) is 0 Å². The Labute approximate surface area is 123 Å². The van der Waals surface area contributed by atoms with Gasteiger partial charge in [0.2, 0.25) is 0 Å². The largest absolute Gasteiger partial charge is 0.384 e. The predicted molar refractivity (Wildman–Crippen MR) is 87.8 cm³/mol. The summed E-state index contributed by atoms with van der Waals surface area (Å²) in [5, 5.41) is 7.56. The van der Waals surface area contributed by atoms with Gasteiger partial charge in [0.05, 0.1) is 0 Å². The van der Waals surface area contributed by atoms with Crippen LogP contribution in [0, 0.1) is 18.3 Å². The van der Waals surface area contributed by atoms with Gasteiger partial charge in [-0.1, -0.05) is 13.8 Å². The zero-order valence-electron chi connectivity index (χ0n) is 13.4. The Morgan fingerprint density at radius 2 is 1.90 bits per heavy atom. The third-order valence-electron chi connectivity index (χ3n) is 3.27. The van der Waals surface area contributed by atoms with Crippen molar-refractivity contribution in [1.29, 1.82) is 5.41 Å². The van der Waals surface area contributed by atoms with E-state index in [1.807, 2.05) is 13.0 Å². The van der Waals surface area contributed by atoms with Gasteiger partial charge < -0.3 is 15.5 Å². The first-order valence-corrected chi connectivity index (χ1v) is 7.16. The summed E-state index contributed by atoms with van der Waals surface area (Å²) < 4.78 is 0. The highest BCUT2D eigenvalue weighted by molar-refractivity contribution is 5.96. The summed E-state index contributed by atoms with van der Waals surface area (Å²) in [6, 6.07) is 6.16. The number of likely N-dealkylation sites (N-methyl/N-ethyl adjacent to an activating group) is 1. The van der Waals surface area contributed by atoms with E-state index in [0.717, 1.165) is 30.8 Å². The maximum Gasteiger partial charge on any atom is 0.123 e. The molecule has 1 aromatic carbocycles. The summed E-state index contributed by atoms with van der Waals surface area (Å²) in [4.78, 5) is 4.60. The van der Waals surface area contributed by atoms with Crippen molar-refractivity contribution < 1.29 is 0 Å². The molecule has 4 nitrogen and oxygen atoms in total. The Morgan fingerprint density at radius 3 is 2.35 bits per heavy atom. The Balaban J connectivity index is 2.95. The number of amidine groups is 1. The molecule has 1 rings (SSSR count). The van der Waals surface area contributed by atoms with E-state index in [-0.39, 0.29) is 5.84 Å². The number of nitrogens with one attached hydrogen (secondary N) is 1. The van der Waals surface area contributed by atoms with Crippen LogP contribution < -0.4 is 10.6 Å². The molecule has 0 aliphatic heterocycles. The molecule has 0 atom stereocenters. The number of anilines is 1. The molecule has 0 saturated carbocycles. The van der Waals surface area contributed by atoms with Crippen LogP contribution in [0.1, 0.15) is 25.0 Å². The van der Waals surface area contributed by atoms with Crippen LogP contribution in [0.15, 0.2) is 18.2 Å². The molecule has 0 fully saturated rings. The number of nitrogens with two attached hydrogens (primary N) is 1. The van der Waals surface area contributed by atoms with E-state index in [9.17, 15) is 0 Å². The monoisotopic (exact) mass is 276 g/mol. The second kappa shape index (κ2) is 7.29. The smallest absolute Gasteiger partial charge is 0.123 e. The quantitative estimate of drug-likeness (QED) is 0.593. The first-order valence-electron chi connectivity index (χ1n) is 7.16. The lowest BCUT2D eigenvalue weighted by Crippen LogP contribution is -2.34. The molecule has 0 heterocycles. The van der Waals surface area contributed by atoms with Crippen molar-refractivity contribution in [2.45, 2.75) is 20.8 Å². The van der Waals surface area contributed by atoms with Crippen molar-refractivity contribution in [3.05, 3.63) is 29.3 Å². The molecule has 20 heavy (non-hydrogen) atoms. The number of benzene rings is 1. The highest BCUT2D eigenvalue weighted by atomic mass is 15.2. The van der Waals surface area contributed by atoms with Crippen molar-refractivity contribution in [1.82, 2.24) is 4.90 Å². The van der Waals surface area contributed by atoms with Gasteiger partial charge >= 0.3 is 0 Å². The number of aryl methyl sites for hydroxylation is 1. The first-order chi connectivity index (χ1) is 9.31. The Morgan fingerprint density at radius 1 is 1.25 bits per heavy atom. The summed E-state index contributed by atoms with van der Waals surface area (Å²) in [6.45, 7) is 9.55. The van der Waals surface area contributed by atoms with Crippen molar-refractivity contribution in [2.24, 2.45) is 11.7 Å². The van der Waals surface area contributed by atoms with Gasteiger partial charge in [0.15, 0.2) is 0 Å². The minimum atomic E-state index is 0.137. The Hall–Kier alpha value is -1.55. The lowest BCUT2D eigenvalue weighted by Gasteiger charge is -2.28. The summed E-state index contributed by atoms with van der Waals surface area (Å²) >= 11 is 0. The molecule has 0 aromatic heterocycles. The predicted octanol–water partition coefficient (Wildman–Crippen LogP) is 2.30. The van der Waals surface area contributed by atoms with Crippen molar-refractivity contribution >= 4 is 11.5 Å². The molecule has 0 radical (unpaired) electrons. The summed E-state index contributed by atoms with van der Waals surface area (Å²) in [6.07, 6.45) is 0. The van der Waals surface area contributed by atoms with Gasteiger partial charge in [0, 0.05) is 30.9 Å². The maximum atomic E-state index is 7.56. The van der Waals surface area contributed by atoms with Gasteiger partial charge in [-0.05, 0) is 50.7 Å². The minimum absolute atomic E-state index is 0.137. The average Bonchev–Trinajstić information content (AvgIpc) is 2.33. The maximum absolute atomic E-state index is 7.56. The molecule has 0 aliphatic rings. The van der Waals surface area contributed by atoms with Crippen LogP contribution in [0.4, 0.5) is 5.69 Å². The molecule has 1 aromatic rings. The van der Waals surface area contributed by atoms with Gasteiger partial charge in [0.25, 0.3) is 0 Å².